The molecule has 1 amide bonds. The lowest BCUT2D eigenvalue weighted by Gasteiger charge is -2.39. The van der Waals surface area contributed by atoms with E-state index in [-0.39, 0.29) is 36.8 Å². The minimum absolute atomic E-state index is 0.00402. The Labute approximate surface area is 209 Å². The van der Waals surface area contributed by atoms with E-state index in [4.69, 9.17) is 4.74 Å². The Bertz CT molecular complexity index is 925. The number of alkyl halides is 3. The molecule has 1 unspecified atom stereocenters. The van der Waals surface area contributed by atoms with E-state index in [1.165, 1.54) is 11.3 Å². The van der Waals surface area contributed by atoms with Gasteiger partial charge in [-0.1, -0.05) is 13.0 Å². The number of nitrogens with zero attached hydrogens (tertiary/aromatic N) is 1. The molecule has 1 heterocycles. The Morgan fingerprint density at radius 3 is 2.31 bits per heavy atom. The monoisotopic (exact) mass is 511 g/mol. The summed E-state index contributed by atoms with van der Waals surface area (Å²) in [5.74, 6) is -0.628. The zero-order valence-corrected chi connectivity index (χ0v) is 21.4. The van der Waals surface area contributed by atoms with Crippen LogP contribution in [0.25, 0.3) is 5.57 Å². The van der Waals surface area contributed by atoms with Gasteiger partial charge in [0.25, 0.3) is 0 Å². The molecule has 0 aliphatic heterocycles. The van der Waals surface area contributed by atoms with Gasteiger partial charge in [0, 0.05) is 23.9 Å². The normalized spacial score (nSPS) is 30.0. The Kier molecular flexibility index (Phi) is 8.41. The number of hydrogen-bond donors (Lipinski definition) is 0. The van der Waals surface area contributed by atoms with E-state index >= 15 is 0 Å². The van der Waals surface area contributed by atoms with E-state index in [2.05, 4.69) is 6.92 Å². The molecular formula is C27H36F3NO3S. The average molecular weight is 512 g/mol. The number of carbonyl (C=O) groups is 2. The minimum Gasteiger partial charge on any atom is -0.381 e. The van der Waals surface area contributed by atoms with Crippen molar-refractivity contribution in [3.8, 4) is 0 Å². The second-order valence-corrected chi connectivity index (χ2v) is 11.6. The van der Waals surface area contributed by atoms with E-state index < -0.39 is 12.1 Å². The Morgan fingerprint density at radius 1 is 1.09 bits per heavy atom. The van der Waals surface area contributed by atoms with Gasteiger partial charge in [0.15, 0.2) is 6.29 Å². The summed E-state index contributed by atoms with van der Waals surface area (Å²) in [6.45, 7) is 2.22. The van der Waals surface area contributed by atoms with Gasteiger partial charge in [-0.05, 0) is 88.2 Å². The molecule has 4 rings (SSSR count). The third kappa shape index (κ3) is 6.01. The van der Waals surface area contributed by atoms with Crippen LogP contribution in [0.3, 0.4) is 0 Å². The van der Waals surface area contributed by atoms with Crippen LogP contribution in [0.4, 0.5) is 18.9 Å². The smallest absolute Gasteiger partial charge is 0.381 e. The van der Waals surface area contributed by atoms with Crippen LogP contribution in [-0.4, -0.2) is 37.6 Å². The third-order valence-corrected chi connectivity index (χ3v) is 9.37. The van der Waals surface area contributed by atoms with Crippen molar-refractivity contribution < 1.29 is 27.5 Å². The van der Waals surface area contributed by atoms with E-state index in [0.29, 0.717) is 22.9 Å². The molecule has 8 heteroatoms. The largest absolute Gasteiger partial charge is 0.392 e. The fourth-order valence-electron chi connectivity index (χ4n) is 5.92. The number of methoxy groups -OCH3 is 1. The average Bonchev–Trinajstić information content (AvgIpc) is 3.28. The van der Waals surface area contributed by atoms with E-state index in [1.54, 1.807) is 13.2 Å². The molecule has 1 atom stereocenters. The van der Waals surface area contributed by atoms with Crippen LogP contribution in [0.1, 0.15) is 92.1 Å². The van der Waals surface area contributed by atoms with Crippen LogP contribution in [0.2, 0.25) is 0 Å². The van der Waals surface area contributed by atoms with Crippen LogP contribution in [-0.2, 0) is 9.53 Å². The lowest BCUT2D eigenvalue weighted by atomic mass is 9.81. The summed E-state index contributed by atoms with van der Waals surface area (Å²) in [6.07, 6.45) is 5.98. The van der Waals surface area contributed by atoms with Gasteiger partial charge in [0.2, 0.25) is 5.91 Å². The van der Waals surface area contributed by atoms with Gasteiger partial charge in [-0.3, -0.25) is 9.59 Å². The van der Waals surface area contributed by atoms with Crippen LogP contribution in [0.15, 0.2) is 12.1 Å². The van der Waals surface area contributed by atoms with Gasteiger partial charge in [-0.25, -0.2) is 0 Å². The molecular weight excluding hydrogens is 475 g/mol. The van der Waals surface area contributed by atoms with Crippen molar-refractivity contribution in [3.63, 3.8) is 0 Å². The molecule has 2 saturated carbocycles. The molecule has 2 fully saturated rings. The molecule has 35 heavy (non-hydrogen) atoms. The first-order chi connectivity index (χ1) is 16.7. The Balaban J connectivity index is 1.62. The number of rotatable bonds is 6. The summed E-state index contributed by atoms with van der Waals surface area (Å²) in [5, 5.41) is 0. The molecule has 0 saturated heterocycles. The number of anilines is 1. The summed E-state index contributed by atoms with van der Waals surface area (Å²) in [7, 11) is 1.72. The minimum atomic E-state index is -4.18. The van der Waals surface area contributed by atoms with Crippen molar-refractivity contribution in [2.75, 3.05) is 12.0 Å². The quantitative estimate of drug-likeness (QED) is 0.373. The first-order valence-corrected chi connectivity index (χ1v) is 13.7. The topological polar surface area (TPSA) is 46.6 Å². The fourth-order valence-corrected chi connectivity index (χ4v) is 6.95. The second-order valence-electron chi connectivity index (χ2n) is 10.6. The van der Waals surface area contributed by atoms with E-state index in [9.17, 15) is 22.8 Å². The first kappa shape index (κ1) is 26.4. The van der Waals surface area contributed by atoms with Crippen LogP contribution >= 0.6 is 11.3 Å². The molecule has 0 aromatic carbocycles. The predicted molar refractivity (Wildman–Crippen MR) is 133 cm³/mol. The highest BCUT2D eigenvalue weighted by Gasteiger charge is 2.40. The molecule has 0 N–H and O–H groups in total. The number of carbonyl (C=O) groups excluding carboxylic acids is 2. The standard InChI is InChI=1S/C27H36F3NO3S/c1-17-3-5-19(6-4-17)26(33)31(21-11-13-22(34-2)14-12-21)23-15-24(35-25(23)16-32)18-7-9-20(10-8-18)27(28,29)30/h7,15-17,19-22H,3-6,8-14H2,1-2H3. The number of amides is 1. The van der Waals surface area contributed by atoms with Crippen molar-refractivity contribution in [2.45, 2.75) is 95.9 Å². The zero-order valence-electron chi connectivity index (χ0n) is 20.6. The summed E-state index contributed by atoms with van der Waals surface area (Å²) in [6, 6.07) is 1.89. The maximum Gasteiger partial charge on any atom is 0.392 e. The van der Waals surface area contributed by atoms with Crippen molar-refractivity contribution in [3.05, 3.63) is 21.9 Å². The first-order valence-electron chi connectivity index (χ1n) is 12.9. The molecule has 0 spiro atoms. The number of halogens is 3. The summed E-state index contributed by atoms with van der Waals surface area (Å²) < 4.78 is 44.9. The number of ether oxygens (including phenoxy) is 1. The number of aldehydes is 1. The molecule has 3 aliphatic carbocycles. The number of thiophene rings is 1. The maximum absolute atomic E-state index is 13.9. The van der Waals surface area contributed by atoms with Crippen LogP contribution < -0.4 is 4.90 Å². The van der Waals surface area contributed by atoms with Gasteiger partial charge in [0.05, 0.1) is 22.6 Å². The molecule has 3 aliphatic rings. The van der Waals surface area contributed by atoms with E-state index in [1.807, 2.05) is 11.0 Å². The van der Waals surface area contributed by atoms with Crippen molar-refractivity contribution >= 4 is 34.8 Å². The molecule has 1 aromatic heterocycles. The van der Waals surface area contributed by atoms with Gasteiger partial charge >= 0.3 is 6.18 Å². The van der Waals surface area contributed by atoms with E-state index in [0.717, 1.165) is 68.1 Å². The maximum atomic E-state index is 13.9. The van der Waals surface area contributed by atoms with Gasteiger partial charge in [0.1, 0.15) is 0 Å². The van der Waals surface area contributed by atoms with Crippen molar-refractivity contribution in [1.29, 1.82) is 0 Å². The lowest BCUT2D eigenvalue weighted by Crippen LogP contribution is -2.47. The van der Waals surface area contributed by atoms with Gasteiger partial charge < -0.3 is 9.64 Å². The summed E-state index contributed by atoms with van der Waals surface area (Å²) >= 11 is 1.30. The highest BCUT2D eigenvalue weighted by Crippen LogP contribution is 2.44. The zero-order chi connectivity index (χ0) is 25.2. The van der Waals surface area contributed by atoms with Crippen molar-refractivity contribution in [2.24, 2.45) is 17.8 Å². The fraction of sp³-hybridized carbons (Fsp3) is 0.704. The third-order valence-electron chi connectivity index (χ3n) is 8.24. The van der Waals surface area contributed by atoms with Gasteiger partial charge in [-0.15, -0.1) is 11.3 Å². The number of allylic oxidation sites excluding steroid dienone is 2. The molecule has 194 valence electrons. The van der Waals surface area contributed by atoms with Crippen molar-refractivity contribution in [1.82, 2.24) is 0 Å². The highest BCUT2D eigenvalue weighted by atomic mass is 32.1. The Hall–Kier alpha value is -1.67. The Morgan fingerprint density at radius 2 is 1.77 bits per heavy atom. The molecule has 0 bridgehead atoms. The van der Waals surface area contributed by atoms with Crippen LogP contribution in [0.5, 0.6) is 0 Å². The second kappa shape index (κ2) is 11.2. The highest BCUT2D eigenvalue weighted by molar-refractivity contribution is 7.15. The SMILES string of the molecule is COC1CCC(N(C(=O)C2CCC(C)CC2)c2cc(C3=CCC(C(F)(F)F)CC3)sc2C=O)CC1. The molecule has 0 radical (unpaired) electrons. The summed E-state index contributed by atoms with van der Waals surface area (Å²) in [5.41, 5.74) is 1.50. The predicted octanol–water partition coefficient (Wildman–Crippen LogP) is 7.42. The van der Waals surface area contributed by atoms with Gasteiger partial charge in [-0.2, -0.15) is 13.2 Å². The van der Waals surface area contributed by atoms with Crippen LogP contribution in [0, 0.1) is 17.8 Å². The molecule has 4 nitrogen and oxygen atoms in total. The summed E-state index contributed by atoms with van der Waals surface area (Å²) in [4.78, 5) is 29.2. The molecule has 1 aromatic rings. The lowest BCUT2D eigenvalue weighted by molar-refractivity contribution is -0.175. The number of hydrogen-bond acceptors (Lipinski definition) is 4.